The third kappa shape index (κ3) is 5.02. The second-order valence-corrected chi connectivity index (χ2v) is 4.83. The second-order valence-electron chi connectivity index (χ2n) is 4.83. The fourth-order valence-electron chi connectivity index (χ4n) is 1.82. The van der Waals surface area contributed by atoms with Crippen molar-refractivity contribution in [1.29, 1.82) is 0 Å². The van der Waals surface area contributed by atoms with Crippen LogP contribution in [0.4, 0.5) is 0 Å². The van der Waals surface area contributed by atoms with Crippen LogP contribution in [-0.2, 0) is 0 Å². The number of hydrogen-bond donors (Lipinski definition) is 3. The van der Waals surface area contributed by atoms with Crippen LogP contribution in [0.2, 0.25) is 0 Å². The molecule has 1 aliphatic rings. The molecule has 4 nitrogen and oxygen atoms in total. The molecule has 88 valence electrons. The summed E-state index contributed by atoms with van der Waals surface area (Å²) in [6.45, 7) is 5.84. The lowest BCUT2D eigenvalue weighted by Crippen LogP contribution is -2.35. The zero-order chi connectivity index (χ0) is 11.3. The monoisotopic (exact) mass is 213 g/mol. The van der Waals surface area contributed by atoms with Crippen molar-refractivity contribution in [3.8, 4) is 0 Å². The average Bonchev–Trinajstić information content (AvgIpc) is 2.58. The quantitative estimate of drug-likeness (QED) is 0.476. The van der Waals surface area contributed by atoms with Crippen molar-refractivity contribution in [2.24, 2.45) is 22.6 Å². The summed E-state index contributed by atoms with van der Waals surface area (Å²) >= 11 is 0. The first-order valence-electron chi connectivity index (χ1n) is 5.79. The fourth-order valence-corrected chi connectivity index (χ4v) is 1.82. The fraction of sp³-hybridized carbons (Fsp3) is 0.909. The van der Waals surface area contributed by atoms with E-state index in [9.17, 15) is 5.11 Å². The molecule has 0 saturated heterocycles. The zero-order valence-corrected chi connectivity index (χ0v) is 9.74. The van der Waals surface area contributed by atoms with Gasteiger partial charge in [0.05, 0.1) is 6.10 Å². The van der Waals surface area contributed by atoms with Gasteiger partial charge in [0.25, 0.3) is 0 Å². The summed E-state index contributed by atoms with van der Waals surface area (Å²) in [6, 6.07) is 0. The lowest BCUT2D eigenvalue weighted by Gasteiger charge is -2.11. The molecular formula is C11H23N3O. The minimum absolute atomic E-state index is 0.106. The van der Waals surface area contributed by atoms with Crippen LogP contribution >= 0.6 is 0 Å². The molecule has 1 rings (SSSR count). The van der Waals surface area contributed by atoms with Gasteiger partial charge in [-0.2, -0.15) is 0 Å². The van der Waals surface area contributed by atoms with Crippen molar-refractivity contribution in [3.05, 3.63) is 0 Å². The summed E-state index contributed by atoms with van der Waals surface area (Å²) in [7, 11) is 0. The van der Waals surface area contributed by atoms with Crippen molar-refractivity contribution in [3.63, 3.8) is 0 Å². The molecule has 0 bridgehead atoms. The van der Waals surface area contributed by atoms with Crippen molar-refractivity contribution < 1.29 is 5.11 Å². The summed E-state index contributed by atoms with van der Waals surface area (Å²) in [5.74, 6) is 1.62. The Morgan fingerprint density at radius 3 is 2.80 bits per heavy atom. The highest BCUT2D eigenvalue weighted by Crippen LogP contribution is 2.24. The van der Waals surface area contributed by atoms with E-state index in [0.717, 1.165) is 32.4 Å². The SMILES string of the molecule is CC(C)CN=C(N)NCC1CCC(O)C1. The highest BCUT2D eigenvalue weighted by Gasteiger charge is 2.22. The zero-order valence-electron chi connectivity index (χ0n) is 9.74. The number of aliphatic hydroxyl groups excluding tert-OH is 1. The topological polar surface area (TPSA) is 70.6 Å². The number of nitrogens with one attached hydrogen (secondary N) is 1. The number of aliphatic imine (C=N–C) groups is 1. The number of nitrogens with two attached hydrogens (primary N) is 1. The first-order valence-corrected chi connectivity index (χ1v) is 5.79. The van der Waals surface area contributed by atoms with Gasteiger partial charge in [-0.05, 0) is 31.1 Å². The molecule has 2 unspecified atom stereocenters. The van der Waals surface area contributed by atoms with Crippen molar-refractivity contribution in [1.82, 2.24) is 5.32 Å². The average molecular weight is 213 g/mol. The molecule has 0 aromatic heterocycles. The summed E-state index contributed by atoms with van der Waals surface area (Å²) in [4.78, 5) is 4.22. The summed E-state index contributed by atoms with van der Waals surface area (Å²) in [5, 5.41) is 12.5. The lowest BCUT2D eigenvalue weighted by molar-refractivity contribution is 0.178. The Morgan fingerprint density at radius 2 is 2.27 bits per heavy atom. The van der Waals surface area contributed by atoms with E-state index in [0.29, 0.717) is 17.8 Å². The van der Waals surface area contributed by atoms with Crippen LogP contribution in [0.1, 0.15) is 33.1 Å². The Hall–Kier alpha value is -0.770. The Morgan fingerprint density at radius 1 is 1.53 bits per heavy atom. The van der Waals surface area contributed by atoms with E-state index in [1.54, 1.807) is 0 Å². The Balaban J connectivity index is 2.16. The molecular weight excluding hydrogens is 190 g/mol. The van der Waals surface area contributed by atoms with Crippen molar-refractivity contribution in [2.45, 2.75) is 39.2 Å². The molecule has 0 aliphatic heterocycles. The molecule has 4 N–H and O–H groups in total. The van der Waals surface area contributed by atoms with E-state index >= 15 is 0 Å². The highest BCUT2D eigenvalue weighted by molar-refractivity contribution is 5.77. The van der Waals surface area contributed by atoms with Crippen LogP contribution in [0.15, 0.2) is 4.99 Å². The number of guanidine groups is 1. The van der Waals surface area contributed by atoms with E-state index in [1.807, 2.05) is 0 Å². The summed E-state index contributed by atoms with van der Waals surface area (Å²) in [6.07, 6.45) is 2.80. The normalized spacial score (nSPS) is 27.3. The molecule has 15 heavy (non-hydrogen) atoms. The van der Waals surface area contributed by atoms with Crippen LogP contribution in [0.3, 0.4) is 0 Å². The number of nitrogens with zero attached hydrogens (tertiary/aromatic N) is 1. The Labute approximate surface area is 92.0 Å². The van der Waals surface area contributed by atoms with Gasteiger partial charge in [-0.1, -0.05) is 13.8 Å². The molecule has 0 radical (unpaired) electrons. The molecule has 2 atom stereocenters. The molecule has 1 fully saturated rings. The predicted octanol–water partition coefficient (Wildman–Crippen LogP) is 0.708. The van der Waals surface area contributed by atoms with Gasteiger partial charge < -0.3 is 16.2 Å². The largest absolute Gasteiger partial charge is 0.393 e. The van der Waals surface area contributed by atoms with Crippen molar-refractivity contribution in [2.75, 3.05) is 13.1 Å². The molecule has 0 amide bonds. The van der Waals surface area contributed by atoms with E-state index in [4.69, 9.17) is 5.73 Å². The van der Waals surface area contributed by atoms with Gasteiger partial charge in [0.15, 0.2) is 5.96 Å². The summed E-state index contributed by atoms with van der Waals surface area (Å²) < 4.78 is 0. The maximum Gasteiger partial charge on any atom is 0.188 e. The van der Waals surface area contributed by atoms with Gasteiger partial charge in [0.2, 0.25) is 0 Å². The van der Waals surface area contributed by atoms with E-state index in [-0.39, 0.29) is 6.10 Å². The highest BCUT2D eigenvalue weighted by atomic mass is 16.3. The molecule has 1 saturated carbocycles. The summed E-state index contributed by atoms with van der Waals surface area (Å²) in [5.41, 5.74) is 5.71. The van der Waals surface area contributed by atoms with Crippen LogP contribution in [0.25, 0.3) is 0 Å². The minimum atomic E-state index is -0.106. The van der Waals surface area contributed by atoms with Gasteiger partial charge >= 0.3 is 0 Å². The molecule has 0 spiro atoms. The Bertz CT molecular complexity index is 216. The number of hydrogen-bond acceptors (Lipinski definition) is 2. The standard InChI is InChI=1S/C11H23N3O/c1-8(2)6-13-11(12)14-7-9-3-4-10(15)5-9/h8-10,15H,3-7H2,1-2H3,(H3,12,13,14). The smallest absolute Gasteiger partial charge is 0.188 e. The third-order valence-corrected chi connectivity index (χ3v) is 2.71. The number of rotatable bonds is 4. The van der Waals surface area contributed by atoms with Crippen LogP contribution < -0.4 is 11.1 Å². The molecule has 1 aliphatic carbocycles. The minimum Gasteiger partial charge on any atom is -0.393 e. The number of aliphatic hydroxyl groups is 1. The van der Waals surface area contributed by atoms with Crippen LogP contribution in [0, 0.1) is 11.8 Å². The van der Waals surface area contributed by atoms with Gasteiger partial charge in [-0.15, -0.1) is 0 Å². The van der Waals surface area contributed by atoms with Gasteiger partial charge in [0.1, 0.15) is 0 Å². The third-order valence-electron chi connectivity index (χ3n) is 2.71. The van der Waals surface area contributed by atoms with E-state index in [2.05, 4.69) is 24.2 Å². The first kappa shape index (κ1) is 12.3. The second kappa shape index (κ2) is 5.95. The van der Waals surface area contributed by atoms with Crippen molar-refractivity contribution >= 4 is 5.96 Å². The molecule has 0 heterocycles. The maximum atomic E-state index is 9.35. The molecule has 0 aromatic rings. The lowest BCUT2D eigenvalue weighted by atomic mass is 10.1. The van der Waals surface area contributed by atoms with E-state index in [1.165, 1.54) is 0 Å². The predicted molar refractivity (Wildman–Crippen MR) is 62.7 cm³/mol. The molecule has 4 heteroatoms. The van der Waals surface area contributed by atoms with Gasteiger partial charge in [-0.25, -0.2) is 0 Å². The van der Waals surface area contributed by atoms with Crippen LogP contribution in [0.5, 0.6) is 0 Å². The van der Waals surface area contributed by atoms with E-state index < -0.39 is 0 Å². The van der Waals surface area contributed by atoms with Gasteiger partial charge in [-0.3, -0.25) is 4.99 Å². The Kier molecular flexibility index (Phi) is 4.88. The first-order chi connectivity index (χ1) is 7.08. The van der Waals surface area contributed by atoms with Crippen LogP contribution in [-0.4, -0.2) is 30.3 Å². The molecule has 0 aromatic carbocycles. The maximum absolute atomic E-state index is 9.35. The van der Waals surface area contributed by atoms with Gasteiger partial charge in [0, 0.05) is 13.1 Å².